The number of ether oxygens (including phenoxy) is 1. The predicted molar refractivity (Wildman–Crippen MR) is 53.7 cm³/mol. The molecular weight excluding hydrogens is 178 g/mol. The highest BCUT2D eigenvalue weighted by atomic mass is 16.5. The van der Waals surface area contributed by atoms with Gasteiger partial charge >= 0.3 is 0 Å². The van der Waals surface area contributed by atoms with Crippen LogP contribution in [0.3, 0.4) is 0 Å². The van der Waals surface area contributed by atoms with Crippen molar-refractivity contribution in [2.75, 3.05) is 13.2 Å². The highest BCUT2D eigenvalue weighted by Crippen LogP contribution is 2.25. The Labute approximate surface area is 84.1 Å². The number of rotatable bonds is 2. The molecule has 4 heteroatoms. The minimum absolute atomic E-state index is 0.0581. The van der Waals surface area contributed by atoms with Crippen molar-refractivity contribution in [3.05, 3.63) is 18.2 Å². The molecule has 0 aliphatic carbocycles. The molecule has 1 saturated heterocycles. The first kappa shape index (κ1) is 9.68. The molecule has 0 amide bonds. The summed E-state index contributed by atoms with van der Waals surface area (Å²) in [5.41, 5.74) is 7.27. The summed E-state index contributed by atoms with van der Waals surface area (Å²) in [6.45, 7) is 1.67. The van der Waals surface area contributed by atoms with E-state index in [1.807, 2.05) is 17.8 Å². The van der Waals surface area contributed by atoms with Gasteiger partial charge in [0.2, 0.25) is 0 Å². The Morgan fingerprint density at radius 1 is 1.71 bits per heavy atom. The van der Waals surface area contributed by atoms with E-state index in [0.29, 0.717) is 5.92 Å². The van der Waals surface area contributed by atoms with E-state index < -0.39 is 0 Å². The van der Waals surface area contributed by atoms with Crippen LogP contribution in [-0.2, 0) is 11.8 Å². The highest BCUT2D eigenvalue weighted by Gasteiger charge is 2.24. The van der Waals surface area contributed by atoms with Gasteiger partial charge in [-0.1, -0.05) is 0 Å². The molecule has 2 rings (SSSR count). The van der Waals surface area contributed by atoms with Crippen LogP contribution in [0.2, 0.25) is 0 Å². The van der Waals surface area contributed by atoms with E-state index in [-0.39, 0.29) is 6.04 Å². The van der Waals surface area contributed by atoms with Crippen LogP contribution >= 0.6 is 0 Å². The summed E-state index contributed by atoms with van der Waals surface area (Å²) < 4.78 is 7.42. The van der Waals surface area contributed by atoms with Gasteiger partial charge in [0.05, 0.1) is 24.7 Å². The molecule has 1 aromatic rings. The normalized spacial score (nSPS) is 24.9. The zero-order valence-electron chi connectivity index (χ0n) is 8.52. The van der Waals surface area contributed by atoms with Crippen LogP contribution in [0, 0.1) is 5.92 Å². The molecule has 0 aromatic carbocycles. The third-order valence-corrected chi connectivity index (χ3v) is 2.90. The van der Waals surface area contributed by atoms with E-state index in [2.05, 4.69) is 4.98 Å². The Morgan fingerprint density at radius 3 is 3.14 bits per heavy atom. The van der Waals surface area contributed by atoms with Crippen molar-refractivity contribution in [2.24, 2.45) is 18.7 Å². The Hall–Kier alpha value is -0.870. The first-order valence-electron chi connectivity index (χ1n) is 5.08. The van der Waals surface area contributed by atoms with E-state index in [0.717, 1.165) is 31.7 Å². The van der Waals surface area contributed by atoms with Crippen LogP contribution in [-0.4, -0.2) is 22.8 Å². The van der Waals surface area contributed by atoms with Gasteiger partial charge in [-0.25, -0.2) is 4.98 Å². The lowest BCUT2D eigenvalue weighted by molar-refractivity contribution is 0.0439. The van der Waals surface area contributed by atoms with Gasteiger partial charge in [0.25, 0.3) is 0 Å². The second-order valence-corrected chi connectivity index (χ2v) is 3.93. The van der Waals surface area contributed by atoms with Gasteiger partial charge in [-0.05, 0) is 12.8 Å². The van der Waals surface area contributed by atoms with Gasteiger partial charge < -0.3 is 15.0 Å². The van der Waals surface area contributed by atoms with Crippen LogP contribution in [0.25, 0.3) is 0 Å². The first-order chi connectivity index (χ1) is 6.79. The molecule has 0 bridgehead atoms. The Balaban J connectivity index is 2.07. The average Bonchev–Trinajstić information content (AvgIpc) is 2.65. The van der Waals surface area contributed by atoms with Crippen molar-refractivity contribution < 1.29 is 4.74 Å². The zero-order valence-corrected chi connectivity index (χ0v) is 8.52. The molecule has 0 radical (unpaired) electrons. The summed E-state index contributed by atoms with van der Waals surface area (Å²) in [4.78, 5) is 4.08. The molecule has 2 atom stereocenters. The number of aromatic nitrogens is 2. The van der Waals surface area contributed by atoms with Gasteiger partial charge in [0, 0.05) is 25.8 Å². The minimum atomic E-state index is 0.0581. The monoisotopic (exact) mass is 195 g/mol. The smallest absolute Gasteiger partial charge is 0.0946 e. The van der Waals surface area contributed by atoms with Crippen molar-refractivity contribution in [2.45, 2.75) is 18.9 Å². The van der Waals surface area contributed by atoms with Crippen molar-refractivity contribution in [3.63, 3.8) is 0 Å². The predicted octanol–water partition coefficient (Wildman–Crippen LogP) is 0.846. The maximum atomic E-state index is 6.17. The largest absolute Gasteiger partial charge is 0.381 e. The van der Waals surface area contributed by atoms with Gasteiger partial charge in [-0.15, -0.1) is 0 Å². The molecule has 78 valence electrons. The van der Waals surface area contributed by atoms with Crippen molar-refractivity contribution in [3.8, 4) is 0 Å². The van der Waals surface area contributed by atoms with Crippen LogP contribution in [0.1, 0.15) is 24.6 Å². The van der Waals surface area contributed by atoms with E-state index in [9.17, 15) is 0 Å². The van der Waals surface area contributed by atoms with Gasteiger partial charge in [0.15, 0.2) is 0 Å². The quantitative estimate of drug-likeness (QED) is 0.761. The summed E-state index contributed by atoms with van der Waals surface area (Å²) in [5, 5.41) is 0. The molecular formula is C10H17N3O. The summed E-state index contributed by atoms with van der Waals surface area (Å²) >= 11 is 0. The SMILES string of the molecule is Cn1cncc1C(N)C1CCCOC1. The number of aryl methyl sites for hydroxylation is 1. The standard InChI is InChI=1S/C10H17N3O/c1-13-7-12-5-9(13)10(11)8-3-2-4-14-6-8/h5,7-8,10H,2-4,6,11H2,1H3. The molecule has 1 aliphatic rings. The summed E-state index contributed by atoms with van der Waals surface area (Å²) in [7, 11) is 1.98. The maximum Gasteiger partial charge on any atom is 0.0946 e. The molecule has 2 heterocycles. The van der Waals surface area contributed by atoms with Gasteiger partial charge in [0.1, 0.15) is 0 Å². The van der Waals surface area contributed by atoms with E-state index in [1.165, 1.54) is 0 Å². The molecule has 1 aliphatic heterocycles. The van der Waals surface area contributed by atoms with Gasteiger partial charge in [-0.3, -0.25) is 0 Å². The molecule has 2 N–H and O–H groups in total. The van der Waals surface area contributed by atoms with E-state index in [4.69, 9.17) is 10.5 Å². The fraction of sp³-hybridized carbons (Fsp3) is 0.700. The number of nitrogens with two attached hydrogens (primary N) is 1. The minimum Gasteiger partial charge on any atom is -0.381 e. The fourth-order valence-electron chi connectivity index (χ4n) is 1.98. The molecule has 4 nitrogen and oxygen atoms in total. The first-order valence-corrected chi connectivity index (χ1v) is 5.08. The van der Waals surface area contributed by atoms with E-state index >= 15 is 0 Å². The fourth-order valence-corrected chi connectivity index (χ4v) is 1.98. The highest BCUT2D eigenvalue weighted by molar-refractivity contribution is 5.05. The molecule has 2 unspecified atom stereocenters. The average molecular weight is 195 g/mol. The molecule has 1 aromatic heterocycles. The third kappa shape index (κ3) is 1.81. The van der Waals surface area contributed by atoms with E-state index in [1.54, 1.807) is 6.33 Å². The Bertz CT molecular complexity index is 291. The Kier molecular flexibility index (Phi) is 2.84. The second-order valence-electron chi connectivity index (χ2n) is 3.93. The van der Waals surface area contributed by atoms with Gasteiger partial charge in [-0.2, -0.15) is 0 Å². The number of hydrogen-bond donors (Lipinski definition) is 1. The summed E-state index contributed by atoms with van der Waals surface area (Å²) in [6, 6.07) is 0.0581. The topological polar surface area (TPSA) is 53.1 Å². The van der Waals surface area contributed by atoms with Crippen molar-refractivity contribution in [1.82, 2.24) is 9.55 Å². The lowest BCUT2D eigenvalue weighted by Crippen LogP contribution is -2.30. The zero-order chi connectivity index (χ0) is 9.97. The lowest BCUT2D eigenvalue weighted by Gasteiger charge is -2.27. The molecule has 0 spiro atoms. The molecule has 14 heavy (non-hydrogen) atoms. The maximum absolute atomic E-state index is 6.17. The van der Waals surface area contributed by atoms with Crippen LogP contribution in [0.15, 0.2) is 12.5 Å². The van der Waals surface area contributed by atoms with Crippen molar-refractivity contribution >= 4 is 0 Å². The Morgan fingerprint density at radius 2 is 2.57 bits per heavy atom. The third-order valence-electron chi connectivity index (χ3n) is 2.90. The number of nitrogens with zero attached hydrogens (tertiary/aromatic N) is 2. The van der Waals surface area contributed by atoms with Crippen LogP contribution in [0.4, 0.5) is 0 Å². The lowest BCUT2D eigenvalue weighted by atomic mass is 9.92. The van der Waals surface area contributed by atoms with Crippen molar-refractivity contribution in [1.29, 1.82) is 0 Å². The van der Waals surface area contributed by atoms with Crippen LogP contribution in [0.5, 0.6) is 0 Å². The number of imidazole rings is 1. The second kappa shape index (κ2) is 4.11. The molecule has 1 fully saturated rings. The summed E-state index contributed by atoms with van der Waals surface area (Å²) in [5.74, 6) is 0.444. The molecule has 0 saturated carbocycles. The summed E-state index contributed by atoms with van der Waals surface area (Å²) in [6.07, 6.45) is 5.92. The van der Waals surface area contributed by atoms with Crippen LogP contribution < -0.4 is 5.73 Å². The number of hydrogen-bond acceptors (Lipinski definition) is 3.